The minimum Gasteiger partial charge on any atom is -0.477 e. The number of aromatic carboxylic acids is 1. The van der Waals surface area contributed by atoms with Crippen molar-refractivity contribution in [3.8, 4) is 5.69 Å². The van der Waals surface area contributed by atoms with Gasteiger partial charge in [-0.25, -0.2) is 22.9 Å². The van der Waals surface area contributed by atoms with E-state index in [2.05, 4.69) is 4.98 Å². The van der Waals surface area contributed by atoms with Gasteiger partial charge in [0, 0.05) is 43.2 Å². The fraction of sp³-hybridized carbons (Fsp3) is 0.370. The first kappa shape index (κ1) is 33.3. The number of aromatic nitrogens is 2. The van der Waals surface area contributed by atoms with Gasteiger partial charge in [-0.15, -0.1) is 0 Å². The normalized spacial score (nSPS) is 20.1. The van der Waals surface area contributed by atoms with Crippen molar-refractivity contribution in [2.24, 2.45) is 23.3 Å². The summed E-state index contributed by atoms with van der Waals surface area (Å²) in [4.78, 5) is 56.4. The summed E-state index contributed by atoms with van der Waals surface area (Å²) in [5.41, 5.74) is 8.93. The molecular weight excluding hydrogens is 625 g/mol. The fourth-order valence-electron chi connectivity index (χ4n) is 5.50. The SMILES string of the molecule is CS(=O)(=O)O.C[C@H](N)C(=O)N(C1[C@H]2CN(c3nc4c(cc3F)c(=O)c(C(=O)O)cn4-c3ccc(F)cc3F)C[C@@H]12)[C@@H](C)C(N)=O. The van der Waals surface area contributed by atoms with Crippen molar-refractivity contribution in [1.29, 1.82) is 0 Å². The van der Waals surface area contributed by atoms with E-state index in [0.717, 1.165) is 29.0 Å². The number of carboxylic acid groups (broad SMARTS) is 1. The Kier molecular flexibility index (Phi) is 8.96. The molecule has 1 aromatic carbocycles. The molecule has 3 heterocycles. The number of halogens is 3. The highest BCUT2D eigenvalue weighted by molar-refractivity contribution is 7.85. The van der Waals surface area contributed by atoms with Crippen LogP contribution in [0, 0.1) is 29.3 Å². The molecule has 3 aromatic rings. The van der Waals surface area contributed by atoms with Crippen molar-refractivity contribution in [1.82, 2.24) is 14.5 Å². The second-order valence-electron chi connectivity index (χ2n) is 10.9. The Morgan fingerprint density at radius 1 is 1.09 bits per heavy atom. The maximum Gasteiger partial charge on any atom is 0.341 e. The van der Waals surface area contributed by atoms with Crippen molar-refractivity contribution < 1.29 is 45.6 Å². The number of hydrogen-bond donors (Lipinski definition) is 4. The van der Waals surface area contributed by atoms with Gasteiger partial charge in [-0.1, -0.05) is 0 Å². The monoisotopic (exact) mass is 654 g/mol. The number of carbonyl (C=O) groups is 3. The molecule has 45 heavy (non-hydrogen) atoms. The third kappa shape index (κ3) is 6.76. The molecule has 242 valence electrons. The van der Waals surface area contributed by atoms with Crippen LogP contribution in [0.1, 0.15) is 24.2 Å². The summed E-state index contributed by atoms with van der Waals surface area (Å²) in [6.45, 7) is 3.49. The van der Waals surface area contributed by atoms with Gasteiger partial charge in [0.2, 0.25) is 17.2 Å². The van der Waals surface area contributed by atoms with Gasteiger partial charge >= 0.3 is 5.97 Å². The Morgan fingerprint density at radius 2 is 1.67 bits per heavy atom. The lowest BCUT2D eigenvalue weighted by molar-refractivity contribution is -0.140. The Bertz CT molecular complexity index is 1870. The van der Waals surface area contributed by atoms with E-state index in [4.69, 9.17) is 16.0 Å². The largest absolute Gasteiger partial charge is 0.477 e. The molecule has 2 aromatic heterocycles. The van der Waals surface area contributed by atoms with E-state index < -0.39 is 73.8 Å². The molecule has 18 heteroatoms. The van der Waals surface area contributed by atoms with Gasteiger partial charge in [0.25, 0.3) is 10.1 Å². The average molecular weight is 655 g/mol. The highest BCUT2D eigenvalue weighted by Gasteiger charge is 2.61. The van der Waals surface area contributed by atoms with Crippen LogP contribution in [0.15, 0.2) is 35.3 Å². The zero-order valence-corrected chi connectivity index (χ0v) is 24.8. The minimum absolute atomic E-state index is 0.146. The number of primary amides is 1. The molecule has 2 aliphatic rings. The van der Waals surface area contributed by atoms with Crippen LogP contribution in [0.5, 0.6) is 0 Å². The summed E-state index contributed by atoms with van der Waals surface area (Å²) in [6.07, 6.45) is 1.57. The first-order chi connectivity index (χ1) is 20.8. The van der Waals surface area contributed by atoms with Crippen LogP contribution in [-0.4, -0.2) is 87.8 Å². The topological polar surface area (TPSA) is 219 Å². The van der Waals surface area contributed by atoms with Crippen LogP contribution < -0.4 is 21.8 Å². The predicted molar refractivity (Wildman–Crippen MR) is 154 cm³/mol. The Labute approximate surface area is 253 Å². The lowest BCUT2D eigenvalue weighted by Crippen LogP contribution is -2.54. The highest BCUT2D eigenvalue weighted by atomic mass is 32.2. The molecule has 2 fully saturated rings. The molecule has 1 unspecified atom stereocenters. The first-order valence-electron chi connectivity index (χ1n) is 13.3. The fourth-order valence-corrected chi connectivity index (χ4v) is 5.50. The van der Waals surface area contributed by atoms with Gasteiger partial charge in [-0.3, -0.25) is 23.5 Å². The van der Waals surface area contributed by atoms with Crippen molar-refractivity contribution >= 4 is 44.8 Å². The van der Waals surface area contributed by atoms with Crippen molar-refractivity contribution in [2.75, 3.05) is 24.2 Å². The van der Waals surface area contributed by atoms with Crippen molar-refractivity contribution in [3.63, 3.8) is 0 Å². The number of piperidine rings is 1. The maximum absolute atomic E-state index is 15.4. The minimum atomic E-state index is -3.67. The molecular formula is C27H29F3N6O8S. The molecule has 0 bridgehead atoms. The second-order valence-corrected chi connectivity index (χ2v) is 12.3. The van der Waals surface area contributed by atoms with E-state index in [1.54, 1.807) is 4.90 Å². The molecule has 14 nitrogen and oxygen atoms in total. The number of nitrogens with two attached hydrogens (primary N) is 2. The second kappa shape index (κ2) is 12.1. The molecule has 0 radical (unpaired) electrons. The molecule has 5 rings (SSSR count). The van der Waals surface area contributed by atoms with Crippen molar-refractivity contribution in [3.05, 3.63) is 63.7 Å². The van der Waals surface area contributed by atoms with Gasteiger partial charge in [0.05, 0.1) is 23.4 Å². The van der Waals surface area contributed by atoms with Crippen LogP contribution in [0.25, 0.3) is 16.7 Å². The van der Waals surface area contributed by atoms with Gasteiger partial charge in [-0.05, 0) is 32.0 Å². The van der Waals surface area contributed by atoms with Gasteiger partial charge in [0.15, 0.2) is 17.3 Å². The van der Waals surface area contributed by atoms with E-state index in [1.807, 2.05) is 0 Å². The third-order valence-corrected chi connectivity index (χ3v) is 7.56. The number of carbonyl (C=O) groups excluding carboxylic acids is 2. The summed E-state index contributed by atoms with van der Waals surface area (Å²) in [5, 5.41) is 9.10. The van der Waals surface area contributed by atoms with E-state index >= 15 is 4.39 Å². The molecule has 1 saturated heterocycles. The van der Waals surface area contributed by atoms with E-state index in [-0.39, 0.29) is 48.1 Å². The molecule has 6 N–H and O–H groups in total. The summed E-state index contributed by atoms with van der Waals surface area (Å²) in [5.74, 6) is -6.05. The molecule has 5 atom stereocenters. The predicted octanol–water partition coefficient (Wildman–Crippen LogP) is 0.489. The van der Waals surface area contributed by atoms with Crippen LogP contribution in [-0.2, 0) is 19.7 Å². The van der Waals surface area contributed by atoms with E-state index in [9.17, 15) is 41.5 Å². The van der Waals surface area contributed by atoms with E-state index in [0.29, 0.717) is 12.3 Å². The third-order valence-electron chi connectivity index (χ3n) is 7.56. The van der Waals surface area contributed by atoms with E-state index in [1.165, 1.54) is 18.7 Å². The Morgan fingerprint density at radius 3 is 2.16 bits per heavy atom. The number of amides is 2. The van der Waals surface area contributed by atoms with Gasteiger partial charge in [-0.2, -0.15) is 8.42 Å². The Balaban J connectivity index is 0.000000854. The number of benzene rings is 1. The number of rotatable bonds is 7. The molecule has 1 saturated carbocycles. The highest BCUT2D eigenvalue weighted by Crippen LogP contribution is 2.51. The number of fused-ring (bicyclic) bond motifs is 2. The maximum atomic E-state index is 15.4. The molecule has 1 aliphatic carbocycles. The number of nitrogens with zero attached hydrogens (tertiary/aromatic N) is 4. The number of anilines is 1. The lowest BCUT2D eigenvalue weighted by atomic mass is 10.1. The standard InChI is InChI=1S/C26H25F3N6O5.CH4O3S/c1-10(30)25(38)35(11(2)22(31)37)20-14-7-33(8-15(14)20)24-18(29)6-13-21(36)16(26(39)40)9-34(23(13)32-24)19-4-3-12(27)5-17(19)28;1-5(2,3)4/h3-6,9-11,14-15,20H,7-8,30H2,1-2H3,(H2,31,37)(H,39,40);1H3,(H,2,3,4)/t10-,11-,14-,15+,20?;/m0./s1. The van der Waals surface area contributed by atoms with Crippen molar-refractivity contribution in [2.45, 2.75) is 32.0 Å². The number of pyridine rings is 2. The van der Waals surface area contributed by atoms with Gasteiger partial charge < -0.3 is 26.4 Å². The molecule has 0 spiro atoms. The zero-order valence-electron chi connectivity index (χ0n) is 24.0. The van der Waals surface area contributed by atoms with Crippen LogP contribution in [0.2, 0.25) is 0 Å². The zero-order chi connectivity index (χ0) is 33.7. The average Bonchev–Trinajstić information content (AvgIpc) is 3.37. The summed E-state index contributed by atoms with van der Waals surface area (Å²) in [6, 6.07) is 1.31. The van der Waals surface area contributed by atoms with Crippen LogP contribution in [0.4, 0.5) is 19.0 Å². The Hall–Kier alpha value is -4.55. The first-order valence-corrected chi connectivity index (χ1v) is 15.2. The summed E-state index contributed by atoms with van der Waals surface area (Å²) >= 11 is 0. The van der Waals surface area contributed by atoms with Crippen LogP contribution >= 0.6 is 0 Å². The smallest absolute Gasteiger partial charge is 0.341 e. The summed E-state index contributed by atoms with van der Waals surface area (Å²) in [7, 11) is -3.67. The quantitative estimate of drug-likeness (QED) is 0.257. The number of hydrogen-bond acceptors (Lipinski definition) is 9. The van der Waals surface area contributed by atoms with Gasteiger partial charge in [0.1, 0.15) is 23.2 Å². The molecule has 1 aliphatic heterocycles. The lowest BCUT2D eigenvalue weighted by Gasteiger charge is -2.32. The van der Waals surface area contributed by atoms with Crippen LogP contribution in [0.3, 0.4) is 0 Å². The number of carboxylic acids is 1. The molecule has 2 amide bonds. The summed E-state index contributed by atoms with van der Waals surface area (Å²) < 4.78 is 70.5.